The van der Waals surface area contributed by atoms with Gasteiger partial charge in [-0.25, -0.2) is 9.59 Å². The lowest BCUT2D eigenvalue weighted by molar-refractivity contribution is -0.145. The summed E-state index contributed by atoms with van der Waals surface area (Å²) in [6, 6.07) is 10.4. The molecule has 0 spiro atoms. The first-order valence-corrected chi connectivity index (χ1v) is 9.34. The van der Waals surface area contributed by atoms with Crippen molar-refractivity contribution >= 4 is 28.7 Å². The minimum atomic E-state index is -1.30. The van der Waals surface area contributed by atoms with Gasteiger partial charge >= 0.3 is 12.1 Å². The highest BCUT2D eigenvalue weighted by Crippen LogP contribution is 2.22. The summed E-state index contributed by atoms with van der Waals surface area (Å²) < 4.78 is 4.82. The highest BCUT2D eigenvalue weighted by atomic mass is 16.5. The van der Waals surface area contributed by atoms with Gasteiger partial charge in [0.1, 0.15) is 12.1 Å². The molecule has 0 radical (unpaired) electrons. The Bertz CT molecular complexity index is 1010. The van der Waals surface area contributed by atoms with Crippen LogP contribution in [0.5, 0.6) is 0 Å². The SMILES string of the molecule is COC(=O)[C@H](Cc1ccc2ccccc2c1)NC(=O)C1C(N=[N+]=[N-])CCN1C(=O)O. The van der Waals surface area contributed by atoms with Gasteiger partial charge in [-0.3, -0.25) is 9.69 Å². The second-order valence-electron chi connectivity index (χ2n) is 6.95. The Morgan fingerprint density at radius 3 is 2.70 bits per heavy atom. The van der Waals surface area contributed by atoms with Gasteiger partial charge in [-0.05, 0) is 28.3 Å². The lowest BCUT2D eigenvalue weighted by Crippen LogP contribution is -2.54. The van der Waals surface area contributed by atoms with Gasteiger partial charge in [0.2, 0.25) is 5.91 Å². The Labute approximate surface area is 172 Å². The van der Waals surface area contributed by atoms with E-state index in [-0.39, 0.29) is 19.4 Å². The fourth-order valence-electron chi connectivity index (χ4n) is 3.69. The summed E-state index contributed by atoms with van der Waals surface area (Å²) in [4.78, 5) is 40.3. The second kappa shape index (κ2) is 9.15. The zero-order valence-corrected chi connectivity index (χ0v) is 16.3. The zero-order valence-electron chi connectivity index (χ0n) is 16.3. The molecule has 10 nitrogen and oxygen atoms in total. The number of ether oxygens (including phenoxy) is 1. The molecular weight excluding hydrogens is 390 g/mol. The van der Waals surface area contributed by atoms with Crippen molar-refractivity contribution in [2.45, 2.75) is 31.0 Å². The van der Waals surface area contributed by atoms with Gasteiger partial charge in [0, 0.05) is 17.9 Å². The summed E-state index contributed by atoms with van der Waals surface area (Å²) >= 11 is 0. The number of amides is 2. The van der Waals surface area contributed by atoms with Crippen molar-refractivity contribution in [3.8, 4) is 0 Å². The number of nitrogens with one attached hydrogen (secondary N) is 1. The number of benzene rings is 2. The summed E-state index contributed by atoms with van der Waals surface area (Å²) in [5, 5.41) is 17.5. The summed E-state index contributed by atoms with van der Waals surface area (Å²) in [5.41, 5.74) is 9.53. The van der Waals surface area contributed by atoms with Crippen molar-refractivity contribution in [3.05, 3.63) is 58.5 Å². The standard InChI is InChI=1S/C20H21N5O5/c1-30-19(27)16(11-12-6-7-13-4-2-3-5-14(13)10-12)22-18(26)17-15(23-24-21)8-9-25(17)20(28)29/h2-7,10,15-17H,8-9,11H2,1H3,(H,22,26)(H,28,29)/t15?,16-,17?/m0/s1. The van der Waals surface area contributed by atoms with Crippen molar-refractivity contribution in [2.24, 2.45) is 5.11 Å². The highest BCUT2D eigenvalue weighted by Gasteiger charge is 2.42. The molecule has 0 saturated carbocycles. The molecule has 2 unspecified atom stereocenters. The molecule has 1 saturated heterocycles. The fourth-order valence-corrected chi connectivity index (χ4v) is 3.69. The molecule has 0 aromatic heterocycles. The van der Waals surface area contributed by atoms with E-state index in [4.69, 9.17) is 10.3 Å². The molecule has 30 heavy (non-hydrogen) atoms. The number of carbonyl (C=O) groups is 3. The van der Waals surface area contributed by atoms with Crippen molar-refractivity contribution in [2.75, 3.05) is 13.7 Å². The quantitative estimate of drug-likeness (QED) is 0.325. The van der Waals surface area contributed by atoms with Crippen molar-refractivity contribution in [1.82, 2.24) is 10.2 Å². The van der Waals surface area contributed by atoms with Crippen LogP contribution in [0.1, 0.15) is 12.0 Å². The predicted octanol–water partition coefficient (Wildman–Crippen LogP) is 2.47. The molecule has 1 aliphatic rings. The van der Waals surface area contributed by atoms with Crippen LogP contribution in [-0.4, -0.2) is 59.8 Å². The van der Waals surface area contributed by atoms with Crippen molar-refractivity contribution < 1.29 is 24.2 Å². The monoisotopic (exact) mass is 411 g/mol. The molecule has 2 aromatic carbocycles. The largest absolute Gasteiger partial charge is 0.467 e. The van der Waals surface area contributed by atoms with Crippen LogP contribution < -0.4 is 5.32 Å². The van der Waals surface area contributed by atoms with E-state index in [2.05, 4.69) is 15.3 Å². The fraction of sp³-hybridized carbons (Fsp3) is 0.350. The van der Waals surface area contributed by atoms with Gasteiger partial charge in [-0.15, -0.1) is 0 Å². The molecule has 3 rings (SSSR count). The van der Waals surface area contributed by atoms with E-state index < -0.39 is 36.1 Å². The van der Waals surface area contributed by atoms with Crippen LogP contribution in [0.2, 0.25) is 0 Å². The van der Waals surface area contributed by atoms with E-state index in [1.54, 1.807) is 0 Å². The maximum Gasteiger partial charge on any atom is 0.407 e. The molecule has 0 bridgehead atoms. The Morgan fingerprint density at radius 1 is 1.30 bits per heavy atom. The Morgan fingerprint density at radius 2 is 2.03 bits per heavy atom. The Hall–Kier alpha value is -3.78. The molecule has 3 atom stereocenters. The van der Waals surface area contributed by atoms with Crippen LogP contribution in [0, 0.1) is 0 Å². The average Bonchev–Trinajstić information content (AvgIpc) is 3.17. The van der Waals surface area contributed by atoms with E-state index in [0.29, 0.717) is 0 Å². The van der Waals surface area contributed by atoms with E-state index in [1.807, 2.05) is 42.5 Å². The maximum atomic E-state index is 12.9. The number of esters is 1. The van der Waals surface area contributed by atoms with Crippen molar-refractivity contribution in [1.29, 1.82) is 0 Å². The first-order valence-electron chi connectivity index (χ1n) is 9.34. The minimum Gasteiger partial charge on any atom is -0.467 e. The third-order valence-electron chi connectivity index (χ3n) is 5.14. The highest BCUT2D eigenvalue weighted by molar-refractivity contribution is 5.91. The maximum absolute atomic E-state index is 12.9. The van der Waals surface area contributed by atoms with Crippen LogP contribution in [0.3, 0.4) is 0 Å². The second-order valence-corrected chi connectivity index (χ2v) is 6.95. The molecule has 2 amide bonds. The number of hydrogen-bond acceptors (Lipinski definition) is 5. The summed E-state index contributed by atoms with van der Waals surface area (Å²) in [6.45, 7) is 0.0602. The smallest absolute Gasteiger partial charge is 0.407 e. The van der Waals surface area contributed by atoms with Crippen LogP contribution in [0.4, 0.5) is 4.79 Å². The molecule has 156 valence electrons. The molecule has 0 aliphatic carbocycles. The number of carboxylic acid groups (broad SMARTS) is 1. The molecule has 1 aliphatic heterocycles. The molecule has 10 heteroatoms. The molecule has 1 heterocycles. The normalized spacial score (nSPS) is 19.0. The van der Waals surface area contributed by atoms with Gasteiger partial charge in [0.25, 0.3) is 0 Å². The third kappa shape index (κ3) is 4.44. The Kier molecular flexibility index (Phi) is 6.38. The number of hydrogen-bond donors (Lipinski definition) is 2. The topological polar surface area (TPSA) is 145 Å². The number of nitrogens with zero attached hydrogens (tertiary/aromatic N) is 4. The van der Waals surface area contributed by atoms with Gasteiger partial charge in [-0.2, -0.15) is 0 Å². The zero-order chi connectivity index (χ0) is 21.7. The van der Waals surface area contributed by atoms with Crippen molar-refractivity contribution in [3.63, 3.8) is 0 Å². The predicted molar refractivity (Wildman–Crippen MR) is 108 cm³/mol. The molecular formula is C20H21N5O5. The van der Waals surface area contributed by atoms with Crippen LogP contribution >= 0.6 is 0 Å². The van der Waals surface area contributed by atoms with E-state index >= 15 is 0 Å². The lowest BCUT2D eigenvalue weighted by atomic mass is 10.0. The van der Waals surface area contributed by atoms with Gasteiger partial charge in [0.05, 0.1) is 13.2 Å². The summed E-state index contributed by atoms with van der Waals surface area (Å²) in [6.07, 6.45) is -0.910. The first kappa shape index (κ1) is 20.9. The number of rotatable bonds is 6. The van der Waals surface area contributed by atoms with E-state index in [1.165, 1.54) is 7.11 Å². The van der Waals surface area contributed by atoms with Gasteiger partial charge in [0.15, 0.2) is 0 Å². The van der Waals surface area contributed by atoms with Crippen LogP contribution in [-0.2, 0) is 20.7 Å². The minimum absolute atomic E-state index is 0.0602. The average molecular weight is 411 g/mol. The molecule has 1 fully saturated rings. The summed E-state index contributed by atoms with van der Waals surface area (Å²) in [7, 11) is 1.21. The van der Waals surface area contributed by atoms with Crippen LogP contribution in [0.25, 0.3) is 21.2 Å². The van der Waals surface area contributed by atoms with Gasteiger partial charge < -0.3 is 15.2 Å². The number of fused-ring (bicyclic) bond motifs is 1. The lowest BCUT2D eigenvalue weighted by Gasteiger charge is -2.25. The van der Waals surface area contributed by atoms with Crippen LogP contribution in [0.15, 0.2) is 47.6 Å². The van der Waals surface area contributed by atoms with E-state index in [0.717, 1.165) is 21.2 Å². The first-order chi connectivity index (χ1) is 14.4. The Balaban J connectivity index is 1.82. The van der Waals surface area contributed by atoms with E-state index in [9.17, 15) is 19.5 Å². The summed E-state index contributed by atoms with van der Waals surface area (Å²) in [5.74, 6) is -1.36. The molecule has 2 N–H and O–H groups in total. The number of carbonyl (C=O) groups excluding carboxylic acids is 2. The third-order valence-corrected chi connectivity index (χ3v) is 5.14. The number of likely N-dealkylation sites (tertiary alicyclic amines) is 1. The van der Waals surface area contributed by atoms with Gasteiger partial charge in [-0.1, -0.05) is 47.6 Å². The number of azide groups is 1. The number of methoxy groups -OCH3 is 1. The molecule has 2 aromatic rings.